The molecule has 132 valence electrons. The Morgan fingerprint density at radius 2 is 2.04 bits per heavy atom. The van der Waals surface area contributed by atoms with Gasteiger partial charge in [0.15, 0.2) is 12.0 Å². The lowest BCUT2D eigenvalue weighted by atomic mass is 10.1. The second kappa shape index (κ2) is 6.95. The maximum absolute atomic E-state index is 12.3. The van der Waals surface area contributed by atoms with Crippen molar-refractivity contribution in [2.24, 2.45) is 0 Å². The molecule has 0 saturated carbocycles. The number of nitro benzene ring substituents is 1. The van der Waals surface area contributed by atoms with Crippen LogP contribution in [0, 0.1) is 10.1 Å². The number of carbonyl (C=O) groups excluding carboxylic acids is 1. The largest absolute Gasteiger partial charge is 0.504 e. The molecule has 0 bridgehead atoms. The molecule has 1 aromatic heterocycles. The molecule has 9 heteroatoms. The predicted octanol–water partition coefficient (Wildman–Crippen LogP) is 3.12. The standard InChI is InChI=1S/C17H12ClN3O5/c18-12-8-13(16(23)14-11(12)5-2-6-19-14)20-17(24)15(22)9-3-1-4-10(7-9)21(25)26/h1-8,17,20,23-24H. The van der Waals surface area contributed by atoms with Crippen LogP contribution in [-0.4, -0.2) is 32.1 Å². The number of hydrogen-bond acceptors (Lipinski definition) is 7. The molecule has 0 spiro atoms. The van der Waals surface area contributed by atoms with E-state index in [9.17, 15) is 25.1 Å². The molecule has 1 heterocycles. The van der Waals surface area contributed by atoms with E-state index in [1.807, 2.05) is 0 Å². The molecule has 0 aliphatic rings. The number of nitrogens with zero attached hydrogens (tertiary/aromatic N) is 2. The number of aliphatic hydroxyl groups is 1. The van der Waals surface area contributed by atoms with E-state index in [0.717, 1.165) is 6.07 Å². The predicted molar refractivity (Wildman–Crippen MR) is 95.5 cm³/mol. The third-order valence-electron chi connectivity index (χ3n) is 3.70. The minimum atomic E-state index is -1.75. The Balaban J connectivity index is 1.90. The van der Waals surface area contributed by atoms with Gasteiger partial charge in [-0.15, -0.1) is 0 Å². The third-order valence-corrected chi connectivity index (χ3v) is 4.01. The highest BCUT2D eigenvalue weighted by Gasteiger charge is 2.21. The maximum atomic E-state index is 12.3. The summed E-state index contributed by atoms with van der Waals surface area (Å²) in [5, 5.41) is 34.5. The summed E-state index contributed by atoms with van der Waals surface area (Å²) < 4.78 is 0. The van der Waals surface area contributed by atoms with E-state index in [0.29, 0.717) is 5.39 Å². The van der Waals surface area contributed by atoms with Gasteiger partial charge >= 0.3 is 0 Å². The minimum Gasteiger partial charge on any atom is -0.504 e. The number of carbonyl (C=O) groups is 1. The first-order chi connectivity index (χ1) is 12.4. The monoisotopic (exact) mass is 373 g/mol. The molecule has 0 aliphatic heterocycles. The number of aliphatic hydroxyl groups excluding tert-OH is 1. The Labute approximate surface area is 151 Å². The molecule has 1 unspecified atom stereocenters. The van der Waals surface area contributed by atoms with Gasteiger partial charge < -0.3 is 15.5 Å². The maximum Gasteiger partial charge on any atom is 0.270 e. The van der Waals surface area contributed by atoms with Gasteiger partial charge in [0, 0.05) is 29.3 Å². The third kappa shape index (κ3) is 3.28. The topological polar surface area (TPSA) is 126 Å². The molecule has 0 radical (unpaired) electrons. The highest BCUT2D eigenvalue weighted by Crippen LogP contribution is 2.36. The number of fused-ring (bicyclic) bond motifs is 1. The van der Waals surface area contributed by atoms with Gasteiger partial charge in [-0.05, 0) is 18.2 Å². The van der Waals surface area contributed by atoms with E-state index in [1.54, 1.807) is 12.1 Å². The number of ketones is 1. The van der Waals surface area contributed by atoms with Gasteiger partial charge in [-0.25, -0.2) is 0 Å². The first-order valence-corrected chi connectivity index (χ1v) is 7.75. The summed E-state index contributed by atoms with van der Waals surface area (Å²) in [4.78, 5) is 26.5. The molecule has 26 heavy (non-hydrogen) atoms. The second-order valence-corrected chi connectivity index (χ2v) is 5.78. The highest BCUT2D eigenvalue weighted by atomic mass is 35.5. The lowest BCUT2D eigenvalue weighted by molar-refractivity contribution is -0.384. The van der Waals surface area contributed by atoms with Crippen molar-refractivity contribution in [2.75, 3.05) is 5.32 Å². The summed E-state index contributed by atoms with van der Waals surface area (Å²) in [5.41, 5.74) is -0.113. The molecule has 3 rings (SSSR count). The van der Waals surface area contributed by atoms with Crippen molar-refractivity contribution >= 4 is 39.7 Å². The number of benzene rings is 2. The summed E-state index contributed by atoms with van der Waals surface area (Å²) in [7, 11) is 0. The summed E-state index contributed by atoms with van der Waals surface area (Å²) in [6.07, 6.45) is -0.285. The molecule has 8 nitrogen and oxygen atoms in total. The number of aromatic nitrogens is 1. The fourth-order valence-corrected chi connectivity index (χ4v) is 2.70. The summed E-state index contributed by atoms with van der Waals surface area (Å²) in [5.74, 6) is -1.08. The van der Waals surface area contributed by atoms with Gasteiger partial charge in [-0.1, -0.05) is 23.7 Å². The Morgan fingerprint density at radius 1 is 1.27 bits per heavy atom. The Bertz CT molecular complexity index is 1020. The number of pyridine rings is 1. The lowest BCUT2D eigenvalue weighted by Gasteiger charge is -2.16. The number of aromatic hydroxyl groups is 1. The van der Waals surface area contributed by atoms with Gasteiger partial charge in [-0.2, -0.15) is 0 Å². The molecular weight excluding hydrogens is 362 g/mol. The van der Waals surface area contributed by atoms with Crippen molar-refractivity contribution in [3.8, 4) is 5.75 Å². The first-order valence-electron chi connectivity index (χ1n) is 7.38. The van der Waals surface area contributed by atoms with E-state index in [-0.39, 0.29) is 33.2 Å². The van der Waals surface area contributed by atoms with Crippen LogP contribution in [0.5, 0.6) is 5.75 Å². The fourth-order valence-electron chi connectivity index (χ4n) is 2.44. The van der Waals surface area contributed by atoms with Crippen molar-refractivity contribution < 1.29 is 19.9 Å². The number of rotatable bonds is 5. The Morgan fingerprint density at radius 3 is 2.77 bits per heavy atom. The number of phenolic OH excluding ortho intramolecular Hbond substituents is 1. The van der Waals surface area contributed by atoms with Gasteiger partial charge in [0.25, 0.3) is 5.69 Å². The number of non-ortho nitro benzene ring substituents is 1. The van der Waals surface area contributed by atoms with Crippen LogP contribution in [0.4, 0.5) is 11.4 Å². The van der Waals surface area contributed by atoms with Crippen molar-refractivity contribution in [3.05, 3.63) is 69.4 Å². The molecule has 0 fully saturated rings. The summed E-state index contributed by atoms with van der Waals surface area (Å²) in [6, 6.07) is 9.64. The van der Waals surface area contributed by atoms with Crippen molar-refractivity contribution in [1.82, 2.24) is 4.98 Å². The van der Waals surface area contributed by atoms with Gasteiger partial charge in [0.05, 0.1) is 15.6 Å². The number of nitrogens with one attached hydrogen (secondary N) is 1. The van der Waals surface area contributed by atoms with Crippen molar-refractivity contribution in [1.29, 1.82) is 0 Å². The van der Waals surface area contributed by atoms with Crippen LogP contribution in [0.25, 0.3) is 10.9 Å². The molecular formula is C17H12ClN3O5. The molecule has 0 aliphatic carbocycles. The smallest absolute Gasteiger partial charge is 0.270 e. The fraction of sp³-hybridized carbons (Fsp3) is 0.0588. The lowest BCUT2D eigenvalue weighted by Crippen LogP contribution is -2.29. The number of phenols is 1. The molecule has 0 saturated heterocycles. The molecule has 2 aromatic carbocycles. The summed E-state index contributed by atoms with van der Waals surface area (Å²) >= 11 is 6.14. The van der Waals surface area contributed by atoms with Crippen LogP contribution < -0.4 is 5.32 Å². The number of hydrogen-bond donors (Lipinski definition) is 3. The van der Waals surface area contributed by atoms with Crippen LogP contribution in [0.3, 0.4) is 0 Å². The van der Waals surface area contributed by atoms with E-state index in [2.05, 4.69) is 10.3 Å². The number of nitro groups is 1. The van der Waals surface area contributed by atoms with Crippen LogP contribution >= 0.6 is 11.6 Å². The zero-order chi connectivity index (χ0) is 18.8. The zero-order valence-electron chi connectivity index (χ0n) is 13.1. The number of anilines is 1. The number of Topliss-reactive ketones (excluding diaryl/α,β-unsaturated/α-hetero) is 1. The van der Waals surface area contributed by atoms with Gasteiger partial charge in [0.2, 0.25) is 5.78 Å². The minimum absolute atomic E-state index is 0.00693. The van der Waals surface area contributed by atoms with E-state index in [1.165, 1.54) is 30.5 Å². The second-order valence-electron chi connectivity index (χ2n) is 5.37. The molecule has 1 atom stereocenters. The van der Waals surface area contributed by atoms with Crippen LogP contribution in [0.15, 0.2) is 48.7 Å². The highest BCUT2D eigenvalue weighted by molar-refractivity contribution is 6.36. The molecule has 3 N–H and O–H groups in total. The van der Waals surface area contributed by atoms with Crippen LogP contribution in [0.2, 0.25) is 5.02 Å². The number of halogens is 1. The van der Waals surface area contributed by atoms with Gasteiger partial charge in [-0.3, -0.25) is 19.9 Å². The Hall–Kier alpha value is -3.23. The van der Waals surface area contributed by atoms with Crippen molar-refractivity contribution in [2.45, 2.75) is 6.23 Å². The quantitative estimate of drug-likeness (QED) is 0.206. The van der Waals surface area contributed by atoms with E-state index < -0.39 is 16.9 Å². The average molecular weight is 374 g/mol. The van der Waals surface area contributed by atoms with Crippen LogP contribution in [0.1, 0.15) is 10.4 Å². The average Bonchev–Trinajstić information content (AvgIpc) is 2.65. The first kappa shape index (κ1) is 17.6. The molecule has 3 aromatic rings. The normalized spacial score (nSPS) is 11.9. The SMILES string of the molecule is O=C(c1cccc([N+](=O)[O-])c1)C(O)Nc1cc(Cl)c2cccnc2c1O. The van der Waals surface area contributed by atoms with Crippen LogP contribution in [-0.2, 0) is 0 Å². The molecule has 0 amide bonds. The van der Waals surface area contributed by atoms with Gasteiger partial charge in [0.1, 0.15) is 5.52 Å². The summed E-state index contributed by atoms with van der Waals surface area (Å²) in [6.45, 7) is 0. The van der Waals surface area contributed by atoms with E-state index in [4.69, 9.17) is 11.6 Å². The van der Waals surface area contributed by atoms with E-state index >= 15 is 0 Å². The Kier molecular flexibility index (Phi) is 4.70. The van der Waals surface area contributed by atoms with Crippen molar-refractivity contribution in [3.63, 3.8) is 0 Å². The zero-order valence-corrected chi connectivity index (χ0v) is 13.8.